The average Bonchev–Trinajstić information content (AvgIpc) is 3.23. The van der Waals surface area contributed by atoms with Crippen LogP contribution in [-0.4, -0.2) is 39.6 Å². The molecule has 0 radical (unpaired) electrons. The predicted octanol–water partition coefficient (Wildman–Crippen LogP) is 3.12. The summed E-state index contributed by atoms with van der Waals surface area (Å²) in [5.74, 6) is 1.67. The van der Waals surface area contributed by atoms with Gasteiger partial charge in [-0.3, -0.25) is 9.59 Å². The molecule has 142 valence electrons. The minimum Gasteiger partial charge on any atom is -0.334 e. The summed E-state index contributed by atoms with van der Waals surface area (Å²) in [6, 6.07) is 7.99. The van der Waals surface area contributed by atoms with Crippen LogP contribution in [0.25, 0.3) is 5.69 Å². The molecule has 1 aromatic carbocycles. The Balaban J connectivity index is 1.61. The second kappa shape index (κ2) is 7.38. The molecule has 7 heteroatoms. The molecule has 1 aromatic heterocycles. The number of thioether (sulfide) groups is 1. The molecule has 1 N–H and O–H groups in total. The molecule has 0 spiro atoms. The van der Waals surface area contributed by atoms with E-state index in [2.05, 4.69) is 12.2 Å². The van der Waals surface area contributed by atoms with Gasteiger partial charge in [-0.25, -0.2) is 4.68 Å². The third-order valence-corrected chi connectivity index (χ3v) is 6.14. The molecular weight excluding hydrogens is 360 g/mol. The lowest BCUT2D eigenvalue weighted by Crippen LogP contribution is -2.45. The van der Waals surface area contributed by atoms with Crippen molar-refractivity contribution in [3.63, 3.8) is 0 Å². The van der Waals surface area contributed by atoms with Gasteiger partial charge < -0.3 is 10.2 Å². The molecule has 0 aliphatic carbocycles. The zero-order valence-corrected chi connectivity index (χ0v) is 16.5. The van der Waals surface area contributed by atoms with Crippen molar-refractivity contribution in [3.8, 4) is 5.69 Å². The third kappa shape index (κ3) is 3.60. The van der Waals surface area contributed by atoms with E-state index in [0.29, 0.717) is 24.8 Å². The highest BCUT2D eigenvalue weighted by molar-refractivity contribution is 7.98. The van der Waals surface area contributed by atoms with Crippen LogP contribution < -0.4 is 5.32 Å². The van der Waals surface area contributed by atoms with E-state index in [0.717, 1.165) is 46.9 Å². The van der Waals surface area contributed by atoms with E-state index >= 15 is 0 Å². The quantitative estimate of drug-likeness (QED) is 0.808. The molecule has 27 heavy (non-hydrogen) atoms. The number of aryl methyl sites for hydroxylation is 1. The van der Waals surface area contributed by atoms with Gasteiger partial charge in [0.1, 0.15) is 5.82 Å². The fraction of sp³-hybridized carbons (Fsp3) is 0.450. The van der Waals surface area contributed by atoms with E-state index in [9.17, 15) is 9.59 Å². The van der Waals surface area contributed by atoms with E-state index in [1.807, 2.05) is 31.2 Å². The molecule has 6 nitrogen and oxygen atoms in total. The molecule has 1 saturated heterocycles. The SMILES string of the molecule is Cc1cccc(-n2nc3c(c2NC(=O)C(=O)N2CCC[C@@H](C)C2)CSC3)c1. The van der Waals surface area contributed by atoms with Gasteiger partial charge in [0, 0.05) is 30.2 Å². The highest BCUT2D eigenvalue weighted by Gasteiger charge is 2.30. The van der Waals surface area contributed by atoms with Crippen LogP contribution in [0.4, 0.5) is 5.82 Å². The number of anilines is 1. The van der Waals surface area contributed by atoms with Crippen molar-refractivity contribution in [2.45, 2.75) is 38.2 Å². The molecule has 2 amide bonds. The average molecular weight is 385 g/mol. The molecule has 4 rings (SSSR count). The summed E-state index contributed by atoms with van der Waals surface area (Å²) in [6.45, 7) is 5.45. The first-order chi connectivity index (χ1) is 13.0. The molecule has 0 unspecified atom stereocenters. The summed E-state index contributed by atoms with van der Waals surface area (Å²) in [7, 11) is 0. The number of aromatic nitrogens is 2. The summed E-state index contributed by atoms with van der Waals surface area (Å²) >= 11 is 1.77. The van der Waals surface area contributed by atoms with Gasteiger partial charge >= 0.3 is 11.8 Å². The largest absolute Gasteiger partial charge is 0.334 e. The number of benzene rings is 1. The van der Waals surface area contributed by atoms with Crippen LogP contribution in [0.15, 0.2) is 24.3 Å². The maximum atomic E-state index is 12.7. The van der Waals surface area contributed by atoms with Crippen molar-refractivity contribution >= 4 is 29.4 Å². The monoisotopic (exact) mass is 384 g/mol. The van der Waals surface area contributed by atoms with Crippen LogP contribution in [-0.2, 0) is 21.1 Å². The lowest BCUT2D eigenvalue weighted by molar-refractivity contribution is -0.144. The molecular formula is C20H24N4O2S. The van der Waals surface area contributed by atoms with Crippen molar-refractivity contribution in [1.82, 2.24) is 14.7 Å². The minimum absolute atomic E-state index is 0.439. The highest BCUT2D eigenvalue weighted by atomic mass is 32.2. The number of hydrogen-bond donors (Lipinski definition) is 1. The molecule has 2 aliphatic rings. The van der Waals surface area contributed by atoms with E-state index in [1.165, 1.54) is 0 Å². The smallest absolute Gasteiger partial charge is 0.315 e. The van der Waals surface area contributed by atoms with Gasteiger partial charge in [0.2, 0.25) is 0 Å². The number of nitrogens with one attached hydrogen (secondary N) is 1. The Hall–Kier alpha value is -2.28. The van der Waals surface area contributed by atoms with Crippen LogP contribution in [0, 0.1) is 12.8 Å². The second-order valence-electron chi connectivity index (χ2n) is 7.47. The van der Waals surface area contributed by atoms with Crippen molar-refractivity contribution in [1.29, 1.82) is 0 Å². The molecule has 2 aromatic rings. The first-order valence-electron chi connectivity index (χ1n) is 9.38. The molecule has 1 atom stereocenters. The van der Waals surface area contributed by atoms with Crippen molar-refractivity contribution in [2.75, 3.05) is 18.4 Å². The topological polar surface area (TPSA) is 67.2 Å². The van der Waals surface area contributed by atoms with Gasteiger partial charge in [-0.2, -0.15) is 16.9 Å². The van der Waals surface area contributed by atoms with Crippen molar-refractivity contribution in [3.05, 3.63) is 41.1 Å². The van der Waals surface area contributed by atoms with Gasteiger partial charge in [0.15, 0.2) is 0 Å². The van der Waals surface area contributed by atoms with Crippen molar-refractivity contribution in [2.24, 2.45) is 5.92 Å². The van der Waals surface area contributed by atoms with Crippen LogP contribution in [0.5, 0.6) is 0 Å². The van der Waals surface area contributed by atoms with Gasteiger partial charge in [-0.05, 0) is 43.4 Å². The standard InChI is InChI=1S/C20H24N4O2S/c1-13-5-3-7-15(9-13)24-18(16-11-27-12-17(16)22-24)21-19(25)20(26)23-8-4-6-14(2)10-23/h3,5,7,9,14H,4,6,8,10-12H2,1-2H3,(H,21,25)/t14-/m1/s1. The lowest BCUT2D eigenvalue weighted by Gasteiger charge is -2.30. The Kier molecular flexibility index (Phi) is 4.95. The van der Waals surface area contributed by atoms with Gasteiger partial charge in [-0.15, -0.1) is 0 Å². The second-order valence-corrected chi connectivity index (χ2v) is 8.46. The summed E-state index contributed by atoms with van der Waals surface area (Å²) in [5, 5.41) is 7.57. The van der Waals surface area contributed by atoms with Crippen molar-refractivity contribution < 1.29 is 9.59 Å². The van der Waals surface area contributed by atoms with E-state index < -0.39 is 11.8 Å². The number of piperidine rings is 1. The fourth-order valence-corrected chi connectivity index (χ4v) is 4.80. The Bertz CT molecular complexity index is 892. The van der Waals surface area contributed by atoms with E-state index in [4.69, 9.17) is 5.10 Å². The summed E-state index contributed by atoms with van der Waals surface area (Å²) < 4.78 is 1.77. The Labute approximate surface area is 163 Å². The Morgan fingerprint density at radius 1 is 1.30 bits per heavy atom. The number of hydrogen-bond acceptors (Lipinski definition) is 4. The molecule has 0 bridgehead atoms. The normalized spacial score (nSPS) is 19.0. The number of amides is 2. The fourth-order valence-electron chi connectivity index (χ4n) is 3.77. The summed E-state index contributed by atoms with van der Waals surface area (Å²) in [6.07, 6.45) is 2.06. The Morgan fingerprint density at radius 2 is 2.15 bits per heavy atom. The maximum Gasteiger partial charge on any atom is 0.315 e. The zero-order chi connectivity index (χ0) is 19.0. The van der Waals surface area contributed by atoms with Crippen LogP contribution >= 0.6 is 11.8 Å². The molecule has 3 heterocycles. The van der Waals surface area contributed by atoms with Crippen LogP contribution in [0.1, 0.15) is 36.6 Å². The third-order valence-electron chi connectivity index (χ3n) is 5.17. The first kappa shape index (κ1) is 18.1. The molecule has 2 aliphatic heterocycles. The Morgan fingerprint density at radius 3 is 2.93 bits per heavy atom. The van der Waals surface area contributed by atoms with Gasteiger partial charge in [0.25, 0.3) is 0 Å². The number of rotatable bonds is 2. The summed E-state index contributed by atoms with van der Waals surface area (Å²) in [4.78, 5) is 27.0. The number of carbonyl (C=O) groups is 2. The van der Waals surface area contributed by atoms with E-state index in [-0.39, 0.29) is 0 Å². The molecule has 1 fully saturated rings. The highest BCUT2D eigenvalue weighted by Crippen LogP contribution is 2.36. The van der Waals surface area contributed by atoms with Gasteiger partial charge in [-0.1, -0.05) is 19.1 Å². The zero-order valence-electron chi connectivity index (χ0n) is 15.7. The minimum atomic E-state index is -0.572. The lowest BCUT2D eigenvalue weighted by atomic mass is 10.0. The maximum absolute atomic E-state index is 12.7. The first-order valence-corrected chi connectivity index (χ1v) is 10.5. The van der Waals surface area contributed by atoms with Crippen LogP contribution in [0.3, 0.4) is 0 Å². The van der Waals surface area contributed by atoms with Crippen LogP contribution in [0.2, 0.25) is 0 Å². The number of carbonyl (C=O) groups excluding carboxylic acids is 2. The van der Waals surface area contributed by atoms with E-state index in [1.54, 1.807) is 21.3 Å². The number of likely N-dealkylation sites (tertiary alicyclic amines) is 1. The molecule has 0 saturated carbocycles. The number of fused-ring (bicyclic) bond motifs is 1. The number of nitrogens with zero attached hydrogens (tertiary/aromatic N) is 3. The van der Waals surface area contributed by atoms with Gasteiger partial charge in [0.05, 0.1) is 11.4 Å². The predicted molar refractivity (Wildman–Crippen MR) is 107 cm³/mol. The summed E-state index contributed by atoms with van der Waals surface area (Å²) in [5.41, 5.74) is 4.02.